The quantitative estimate of drug-likeness (QED) is 0.404. The number of carbonyl (C=O) groups is 3. The molecule has 0 saturated heterocycles. The molecule has 8 nitrogen and oxygen atoms in total. The second-order valence-electron chi connectivity index (χ2n) is 10.5. The monoisotopic (exact) mass is 489 g/mol. The van der Waals surface area contributed by atoms with Crippen LogP contribution in [0.4, 0.5) is 4.79 Å². The Morgan fingerprint density at radius 1 is 1.14 bits per heavy atom. The molecule has 0 aliphatic heterocycles. The molecular weight excluding hydrogens is 446 g/mol. The number of benzene rings is 1. The van der Waals surface area contributed by atoms with Gasteiger partial charge in [0.1, 0.15) is 17.7 Å². The molecule has 0 saturated carbocycles. The smallest absolute Gasteiger partial charge is 0.408 e. The molecule has 8 heteroatoms. The van der Waals surface area contributed by atoms with Gasteiger partial charge in [-0.2, -0.15) is 0 Å². The predicted molar refractivity (Wildman–Crippen MR) is 139 cm³/mol. The van der Waals surface area contributed by atoms with Gasteiger partial charge in [0.15, 0.2) is 0 Å². The van der Waals surface area contributed by atoms with Crippen molar-refractivity contribution in [3.63, 3.8) is 0 Å². The fourth-order valence-corrected chi connectivity index (χ4v) is 3.61. The molecule has 196 valence electrons. The van der Waals surface area contributed by atoms with Crippen LogP contribution >= 0.6 is 0 Å². The highest BCUT2D eigenvalue weighted by Gasteiger charge is 2.41. The van der Waals surface area contributed by atoms with Crippen LogP contribution < -0.4 is 10.6 Å². The second kappa shape index (κ2) is 13.3. The largest absolute Gasteiger partial charge is 0.444 e. The summed E-state index contributed by atoms with van der Waals surface area (Å²) in [6, 6.07) is 4.98. The number of hydrogen-bond donors (Lipinski definition) is 3. The van der Waals surface area contributed by atoms with Crippen molar-refractivity contribution >= 4 is 24.0 Å². The van der Waals surface area contributed by atoms with Gasteiger partial charge < -0.3 is 25.4 Å². The van der Waals surface area contributed by atoms with E-state index in [1.54, 1.807) is 39.0 Å². The van der Waals surface area contributed by atoms with E-state index in [1.165, 1.54) is 4.90 Å². The summed E-state index contributed by atoms with van der Waals surface area (Å²) in [4.78, 5) is 41.1. The number of hydrogen-bond acceptors (Lipinski definition) is 5. The first-order valence-electron chi connectivity index (χ1n) is 12.2. The van der Waals surface area contributed by atoms with Crippen molar-refractivity contribution in [2.24, 2.45) is 0 Å². The Morgan fingerprint density at radius 3 is 2.31 bits per heavy atom. The Kier molecular flexibility index (Phi) is 11.4. The van der Waals surface area contributed by atoms with Crippen molar-refractivity contribution in [1.82, 2.24) is 15.5 Å². The molecule has 3 N–H and O–H groups in total. The maximum atomic E-state index is 13.8. The second-order valence-corrected chi connectivity index (χ2v) is 10.5. The van der Waals surface area contributed by atoms with Crippen molar-refractivity contribution in [2.45, 2.75) is 91.0 Å². The van der Waals surface area contributed by atoms with Crippen LogP contribution in [0.25, 0.3) is 6.08 Å². The third-order valence-corrected chi connectivity index (χ3v) is 5.18. The van der Waals surface area contributed by atoms with Crippen molar-refractivity contribution in [2.75, 3.05) is 13.2 Å². The summed E-state index contributed by atoms with van der Waals surface area (Å²) in [6.45, 7) is 16.2. The maximum absolute atomic E-state index is 13.8. The molecule has 0 spiro atoms. The summed E-state index contributed by atoms with van der Waals surface area (Å²) < 4.78 is 5.26. The van der Waals surface area contributed by atoms with E-state index in [2.05, 4.69) is 24.1 Å². The molecule has 2 unspecified atom stereocenters. The van der Waals surface area contributed by atoms with E-state index >= 15 is 0 Å². The molecule has 3 amide bonds. The molecule has 2 atom stereocenters. The highest BCUT2D eigenvalue weighted by Crippen LogP contribution is 2.30. The predicted octanol–water partition coefficient (Wildman–Crippen LogP) is 4.19. The minimum Gasteiger partial charge on any atom is -0.444 e. The molecule has 0 aliphatic carbocycles. The lowest BCUT2D eigenvalue weighted by molar-refractivity contribution is -0.149. The highest BCUT2D eigenvalue weighted by atomic mass is 16.6. The first-order chi connectivity index (χ1) is 16.2. The zero-order chi connectivity index (χ0) is 26.8. The average molecular weight is 490 g/mol. The molecule has 1 aromatic carbocycles. The van der Waals surface area contributed by atoms with Crippen molar-refractivity contribution < 1.29 is 24.2 Å². The molecular formula is C27H43N3O5. The normalized spacial score (nSPS) is 13.4. The Hall–Kier alpha value is -2.87. The van der Waals surface area contributed by atoms with Gasteiger partial charge in [-0.15, -0.1) is 0 Å². The minimum atomic E-state index is -1.29. The number of alkyl carbamates (subject to hydrolysis) is 1. The molecule has 1 aromatic rings. The van der Waals surface area contributed by atoms with E-state index in [0.717, 1.165) is 24.8 Å². The van der Waals surface area contributed by atoms with Gasteiger partial charge in [0.25, 0.3) is 0 Å². The molecule has 0 radical (unpaired) electrons. The first kappa shape index (κ1) is 30.2. The number of nitrogens with one attached hydrogen (secondary N) is 2. The van der Waals surface area contributed by atoms with Gasteiger partial charge in [-0.05, 0) is 65.2 Å². The van der Waals surface area contributed by atoms with Crippen LogP contribution in [0.15, 0.2) is 30.8 Å². The Balaban J connectivity index is 3.44. The lowest BCUT2D eigenvalue weighted by Gasteiger charge is -2.43. The van der Waals surface area contributed by atoms with E-state index in [4.69, 9.17) is 4.74 Å². The van der Waals surface area contributed by atoms with Gasteiger partial charge >= 0.3 is 6.09 Å². The SMILES string of the molecule is C=Cc1cccc(C(C(=O)NCCCCC)N(C(=O)C(CO)NC(=O)OC(C)(C)C)C(C)(C)C)c1. The minimum absolute atomic E-state index is 0.334. The summed E-state index contributed by atoms with van der Waals surface area (Å²) in [5.41, 5.74) is -0.190. The lowest BCUT2D eigenvalue weighted by atomic mass is 9.94. The van der Waals surface area contributed by atoms with Gasteiger partial charge in [-0.3, -0.25) is 9.59 Å². The Morgan fingerprint density at radius 2 is 1.80 bits per heavy atom. The van der Waals surface area contributed by atoms with Crippen molar-refractivity contribution in [3.8, 4) is 0 Å². The van der Waals surface area contributed by atoms with E-state index in [0.29, 0.717) is 12.1 Å². The van der Waals surface area contributed by atoms with Gasteiger partial charge in [0.05, 0.1) is 6.61 Å². The molecule has 1 rings (SSSR count). The standard InChI is InChI=1S/C27H43N3O5/c1-9-11-12-16-28-23(32)22(20-15-13-14-19(10-2)17-20)30(26(3,4)5)24(33)21(18-31)29-25(34)35-27(6,7)8/h10,13-15,17,21-22,31H,2,9,11-12,16,18H2,1,3-8H3,(H,28,32)(H,29,34). The third-order valence-electron chi connectivity index (χ3n) is 5.18. The zero-order valence-corrected chi connectivity index (χ0v) is 22.3. The summed E-state index contributed by atoms with van der Waals surface area (Å²) >= 11 is 0. The Bertz CT molecular complexity index is 870. The van der Waals surface area contributed by atoms with Crippen LogP contribution in [0.3, 0.4) is 0 Å². The van der Waals surface area contributed by atoms with Gasteiger partial charge in [-0.25, -0.2) is 4.79 Å². The number of nitrogens with zero attached hydrogens (tertiary/aromatic N) is 1. The first-order valence-corrected chi connectivity index (χ1v) is 12.2. The van der Waals surface area contributed by atoms with E-state index < -0.39 is 41.8 Å². The summed E-state index contributed by atoms with van der Waals surface area (Å²) in [7, 11) is 0. The van der Waals surface area contributed by atoms with Crippen LogP contribution in [0.1, 0.15) is 84.9 Å². The maximum Gasteiger partial charge on any atom is 0.408 e. The van der Waals surface area contributed by atoms with Crippen LogP contribution in [0.2, 0.25) is 0 Å². The van der Waals surface area contributed by atoms with E-state index in [9.17, 15) is 19.5 Å². The summed E-state index contributed by atoms with van der Waals surface area (Å²) in [6.07, 6.45) is 3.66. The number of aliphatic hydroxyl groups is 1. The average Bonchev–Trinajstić information content (AvgIpc) is 2.76. The van der Waals surface area contributed by atoms with Gasteiger partial charge in [-0.1, -0.05) is 50.6 Å². The van der Waals surface area contributed by atoms with E-state index in [-0.39, 0.29) is 5.91 Å². The third kappa shape index (κ3) is 9.72. The van der Waals surface area contributed by atoms with Gasteiger partial charge in [0.2, 0.25) is 11.8 Å². The number of carbonyl (C=O) groups excluding carboxylic acids is 3. The zero-order valence-electron chi connectivity index (χ0n) is 22.3. The topological polar surface area (TPSA) is 108 Å². The van der Waals surface area contributed by atoms with Crippen LogP contribution in [0, 0.1) is 0 Å². The number of unbranched alkanes of at least 4 members (excludes halogenated alkanes) is 2. The fraction of sp³-hybridized carbons (Fsp3) is 0.593. The molecule has 0 aliphatic rings. The Labute approximate surface area is 210 Å². The number of amides is 3. The van der Waals surface area contributed by atoms with Crippen molar-refractivity contribution in [3.05, 3.63) is 42.0 Å². The van der Waals surface area contributed by atoms with Crippen LogP contribution in [-0.2, 0) is 14.3 Å². The fourth-order valence-electron chi connectivity index (χ4n) is 3.61. The number of ether oxygens (including phenoxy) is 1. The molecule has 0 heterocycles. The molecule has 0 bridgehead atoms. The summed E-state index contributed by atoms with van der Waals surface area (Å²) in [5, 5.41) is 15.4. The lowest BCUT2D eigenvalue weighted by Crippen LogP contribution is -2.59. The van der Waals surface area contributed by atoms with Gasteiger partial charge in [0, 0.05) is 12.1 Å². The van der Waals surface area contributed by atoms with E-state index in [1.807, 2.05) is 32.9 Å². The number of rotatable bonds is 11. The van der Waals surface area contributed by atoms with Crippen molar-refractivity contribution in [1.29, 1.82) is 0 Å². The molecule has 35 heavy (non-hydrogen) atoms. The highest BCUT2D eigenvalue weighted by molar-refractivity contribution is 5.92. The molecule has 0 aromatic heterocycles. The van der Waals surface area contributed by atoms with Crippen LogP contribution in [0.5, 0.6) is 0 Å². The molecule has 0 fully saturated rings. The number of aliphatic hydroxyl groups excluding tert-OH is 1. The summed E-state index contributed by atoms with van der Waals surface area (Å²) in [5.74, 6) is -0.928. The van der Waals surface area contributed by atoms with Crippen LogP contribution in [-0.4, -0.2) is 58.2 Å².